The molecule has 136 valence electrons. The van der Waals surface area contributed by atoms with Crippen LogP contribution in [0.1, 0.15) is 45.9 Å². The van der Waals surface area contributed by atoms with E-state index < -0.39 is 5.60 Å². The van der Waals surface area contributed by atoms with Crippen molar-refractivity contribution in [3.63, 3.8) is 0 Å². The molecule has 6 nitrogen and oxygen atoms in total. The third kappa shape index (κ3) is 4.65. The molecule has 0 bridgehead atoms. The predicted octanol–water partition coefficient (Wildman–Crippen LogP) is 4.24. The summed E-state index contributed by atoms with van der Waals surface area (Å²) in [6, 6.07) is 6.31. The minimum absolute atomic E-state index is 0.334. The van der Waals surface area contributed by atoms with Crippen molar-refractivity contribution < 1.29 is 13.9 Å². The van der Waals surface area contributed by atoms with Crippen LogP contribution in [0.5, 0.6) is 0 Å². The Labute approximate surface area is 148 Å². The molecule has 0 spiro atoms. The topological polar surface area (TPSA) is 76.4 Å². The Hall–Kier alpha value is -2.24. The number of rotatable bonds is 4. The number of carbonyl (C=O) groups excluding carboxylic acids is 1. The molecule has 1 aliphatic carbocycles. The molecule has 0 saturated heterocycles. The lowest BCUT2D eigenvalue weighted by atomic mass is 10.0. The number of carbonyl (C=O) groups is 1. The lowest BCUT2D eigenvalue weighted by molar-refractivity contribution is 0.0519. The summed E-state index contributed by atoms with van der Waals surface area (Å²) >= 11 is 0. The van der Waals surface area contributed by atoms with Gasteiger partial charge in [0.15, 0.2) is 11.5 Å². The summed E-state index contributed by atoms with van der Waals surface area (Å²) in [5.74, 6) is 1.06. The predicted molar refractivity (Wildman–Crippen MR) is 97.7 cm³/mol. The molecular formula is C19H27N3O3. The van der Waals surface area contributed by atoms with Crippen LogP contribution in [0.4, 0.5) is 10.5 Å². The van der Waals surface area contributed by atoms with Gasteiger partial charge in [-0.1, -0.05) is 6.42 Å². The van der Waals surface area contributed by atoms with Gasteiger partial charge in [-0.15, -0.1) is 0 Å². The van der Waals surface area contributed by atoms with Crippen LogP contribution in [0.25, 0.3) is 11.1 Å². The van der Waals surface area contributed by atoms with Gasteiger partial charge in [0, 0.05) is 25.2 Å². The van der Waals surface area contributed by atoms with Gasteiger partial charge < -0.3 is 19.8 Å². The smallest absolute Gasteiger partial charge is 0.407 e. The number of nitrogens with one attached hydrogen (secondary N) is 2. The number of aromatic nitrogens is 1. The zero-order valence-electron chi connectivity index (χ0n) is 15.4. The maximum Gasteiger partial charge on any atom is 0.407 e. The fraction of sp³-hybridized carbons (Fsp3) is 0.579. The van der Waals surface area contributed by atoms with Gasteiger partial charge in [0.2, 0.25) is 0 Å². The fourth-order valence-electron chi connectivity index (χ4n) is 3.35. The summed E-state index contributed by atoms with van der Waals surface area (Å²) in [6.45, 7) is 8.08. The summed E-state index contributed by atoms with van der Waals surface area (Å²) in [4.78, 5) is 16.2. The molecule has 2 unspecified atom stereocenters. The van der Waals surface area contributed by atoms with Crippen LogP contribution >= 0.6 is 0 Å². The molecule has 1 aromatic heterocycles. The first kappa shape index (κ1) is 17.6. The highest BCUT2D eigenvalue weighted by molar-refractivity contribution is 5.77. The number of alkyl carbamates (subject to hydrolysis) is 1. The maximum absolute atomic E-state index is 11.9. The van der Waals surface area contributed by atoms with Crippen LogP contribution < -0.4 is 10.6 Å². The van der Waals surface area contributed by atoms with Crippen molar-refractivity contribution in [1.29, 1.82) is 0 Å². The Balaban J connectivity index is 1.58. The maximum atomic E-state index is 11.9. The number of oxazole rings is 1. The normalized spacial score (nSPS) is 20.6. The Morgan fingerprint density at radius 1 is 1.36 bits per heavy atom. The molecule has 0 radical (unpaired) electrons. The molecule has 1 saturated carbocycles. The summed E-state index contributed by atoms with van der Waals surface area (Å²) in [6.07, 6.45) is 3.00. The number of hydrogen-bond acceptors (Lipinski definition) is 5. The number of anilines is 1. The molecule has 1 fully saturated rings. The number of ether oxygens (including phenoxy) is 1. The van der Waals surface area contributed by atoms with Crippen molar-refractivity contribution >= 4 is 22.9 Å². The first-order valence-corrected chi connectivity index (χ1v) is 8.91. The van der Waals surface area contributed by atoms with Crippen molar-refractivity contribution in [2.24, 2.45) is 5.92 Å². The number of benzene rings is 1. The van der Waals surface area contributed by atoms with E-state index in [1.807, 2.05) is 45.9 Å². The van der Waals surface area contributed by atoms with Crippen LogP contribution in [0.15, 0.2) is 22.6 Å². The molecule has 2 N–H and O–H groups in total. The summed E-state index contributed by atoms with van der Waals surface area (Å²) < 4.78 is 10.8. The van der Waals surface area contributed by atoms with E-state index in [2.05, 4.69) is 15.6 Å². The highest BCUT2D eigenvalue weighted by Gasteiger charge is 2.28. The summed E-state index contributed by atoms with van der Waals surface area (Å²) in [7, 11) is 0. The molecule has 1 aromatic carbocycles. The zero-order chi connectivity index (χ0) is 18.0. The zero-order valence-corrected chi connectivity index (χ0v) is 15.4. The molecular weight excluding hydrogens is 318 g/mol. The van der Waals surface area contributed by atoms with Gasteiger partial charge in [0.1, 0.15) is 11.1 Å². The van der Waals surface area contributed by atoms with E-state index in [0.717, 1.165) is 36.0 Å². The SMILES string of the molecule is Cc1nc2cc(NC3CCCC3CNC(=O)OC(C)(C)C)ccc2o1. The van der Waals surface area contributed by atoms with Gasteiger partial charge in [-0.25, -0.2) is 9.78 Å². The quantitative estimate of drug-likeness (QED) is 0.866. The molecule has 3 rings (SSSR count). The van der Waals surface area contributed by atoms with Gasteiger partial charge in [0.25, 0.3) is 0 Å². The standard InChI is InChI=1S/C19H27N3O3/c1-12-21-16-10-14(8-9-17(16)24-12)22-15-7-5-6-13(15)11-20-18(23)25-19(2,3)4/h8-10,13,15,22H,5-7,11H2,1-4H3,(H,20,23). The van der Waals surface area contributed by atoms with Gasteiger partial charge >= 0.3 is 6.09 Å². The molecule has 6 heteroatoms. The van der Waals surface area contributed by atoms with Crippen LogP contribution in [-0.2, 0) is 4.74 Å². The van der Waals surface area contributed by atoms with E-state index in [1.54, 1.807) is 0 Å². The highest BCUT2D eigenvalue weighted by Crippen LogP contribution is 2.29. The molecule has 1 heterocycles. The van der Waals surface area contributed by atoms with Crippen molar-refractivity contribution in [2.45, 2.75) is 58.6 Å². The lowest BCUT2D eigenvalue weighted by Gasteiger charge is -2.24. The van der Waals surface area contributed by atoms with Gasteiger partial charge in [-0.2, -0.15) is 0 Å². The fourth-order valence-corrected chi connectivity index (χ4v) is 3.35. The number of aryl methyl sites for hydroxylation is 1. The Bertz CT molecular complexity index is 748. The monoisotopic (exact) mass is 345 g/mol. The second-order valence-corrected chi connectivity index (χ2v) is 7.74. The summed E-state index contributed by atoms with van der Waals surface area (Å²) in [5, 5.41) is 6.49. The van der Waals surface area contributed by atoms with Crippen LogP contribution in [0, 0.1) is 12.8 Å². The van der Waals surface area contributed by atoms with E-state index in [1.165, 1.54) is 0 Å². The van der Waals surface area contributed by atoms with Gasteiger partial charge in [0.05, 0.1) is 0 Å². The highest BCUT2D eigenvalue weighted by atomic mass is 16.6. The average Bonchev–Trinajstić information content (AvgIpc) is 3.08. The van der Waals surface area contributed by atoms with Gasteiger partial charge in [-0.3, -0.25) is 0 Å². The van der Waals surface area contributed by atoms with E-state index >= 15 is 0 Å². The van der Waals surface area contributed by atoms with Crippen molar-refractivity contribution in [1.82, 2.24) is 10.3 Å². The number of nitrogens with zero attached hydrogens (tertiary/aromatic N) is 1. The minimum Gasteiger partial charge on any atom is -0.444 e. The second-order valence-electron chi connectivity index (χ2n) is 7.74. The Kier molecular flexibility index (Phi) is 4.88. The first-order valence-electron chi connectivity index (χ1n) is 8.91. The molecule has 1 amide bonds. The van der Waals surface area contributed by atoms with Crippen molar-refractivity contribution in [3.05, 3.63) is 24.1 Å². The third-order valence-electron chi connectivity index (χ3n) is 4.41. The largest absolute Gasteiger partial charge is 0.444 e. The third-order valence-corrected chi connectivity index (χ3v) is 4.41. The van der Waals surface area contributed by atoms with E-state index in [-0.39, 0.29) is 6.09 Å². The van der Waals surface area contributed by atoms with E-state index in [4.69, 9.17) is 9.15 Å². The molecule has 2 aromatic rings. The lowest BCUT2D eigenvalue weighted by Crippen LogP contribution is -2.38. The Morgan fingerprint density at radius 2 is 2.16 bits per heavy atom. The van der Waals surface area contributed by atoms with Crippen LogP contribution in [0.2, 0.25) is 0 Å². The van der Waals surface area contributed by atoms with Crippen LogP contribution in [0.3, 0.4) is 0 Å². The van der Waals surface area contributed by atoms with Gasteiger partial charge in [-0.05, 0) is 57.7 Å². The average molecular weight is 345 g/mol. The molecule has 1 aliphatic rings. The molecule has 25 heavy (non-hydrogen) atoms. The summed E-state index contributed by atoms with van der Waals surface area (Å²) in [5.41, 5.74) is 2.24. The molecule has 0 aliphatic heterocycles. The second kappa shape index (κ2) is 6.94. The number of fused-ring (bicyclic) bond motifs is 1. The first-order chi connectivity index (χ1) is 11.8. The number of amides is 1. The van der Waals surface area contributed by atoms with Crippen molar-refractivity contribution in [3.8, 4) is 0 Å². The van der Waals surface area contributed by atoms with Crippen LogP contribution in [-0.4, -0.2) is 29.3 Å². The van der Waals surface area contributed by atoms with E-state index in [9.17, 15) is 4.79 Å². The number of hydrogen-bond donors (Lipinski definition) is 2. The Morgan fingerprint density at radius 3 is 2.92 bits per heavy atom. The minimum atomic E-state index is -0.470. The van der Waals surface area contributed by atoms with Crippen molar-refractivity contribution in [2.75, 3.05) is 11.9 Å². The molecule has 2 atom stereocenters. The van der Waals surface area contributed by atoms with E-state index in [0.29, 0.717) is 24.4 Å².